The standard InChI is InChI=1S/C8H2F3N3/c9-6-4(1-2-12)8(11)14-5(3-13)7(6)10/h1H2. The molecule has 0 radical (unpaired) electrons. The first-order valence-electron chi connectivity index (χ1n) is 3.42. The van der Waals surface area contributed by atoms with Gasteiger partial charge >= 0.3 is 0 Å². The second-order valence-corrected chi connectivity index (χ2v) is 2.30. The van der Waals surface area contributed by atoms with Crippen LogP contribution in [0.25, 0.3) is 0 Å². The van der Waals surface area contributed by atoms with Crippen molar-refractivity contribution < 1.29 is 13.2 Å². The van der Waals surface area contributed by atoms with Crippen LogP contribution in [0.1, 0.15) is 11.3 Å². The van der Waals surface area contributed by atoms with Gasteiger partial charge in [-0.3, -0.25) is 0 Å². The second-order valence-electron chi connectivity index (χ2n) is 2.30. The summed E-state index contributed by atoms with van der Waals surface area (Å²) in [5.74, 6) is -4.39. The molecule has 0 atom stereocenters. The van der Waals surface area contributed by atoms with Crippen molar-refractivity contribution in [2.75, 3.05) is 0 Å². The molecule has 1 aromatic rings. The molecule has 1 heterocycles. The van der Waals surface area contributed by atoms with E-state index in [1.165, 1.54) is 12.1 Å². The molecule has 0 saturated heterocycles. The Labute approximate surface area is 77.0 Å². The lowest BCUT2D eigenvalue weighted by molar-refractivity contribution is 0.462. The minimum Gasteiger partial charge on any atom is -0.205 e. The van der Waals surface area contributed by atoms with E-state index in [1.54, 1.807) is 0 Å². The third-order valence-corrected chi connectivity index (χ3v) is 1.49. The highest BCUT2D eigenvalue weighted by molar-refractivity contribution is 5.29. The Hall–Kier alpha value is -2.08. The third kappa shape index (κ3) is 1.50. The van der Waals surface area contributed by atoms with Crippen LogP contribution < -0.4 is 0 Å². The molecular weight excluding hydrogens is 195 g/mol. The first-order chi connectivity index (χ1) is 6.61. The summed E-state index contributed by atoms with van der Waals surface area (Å²) < 4.78 is 38.6. The molecule has 14 heavy (non-hydrogen) atoms. The lowest BCUT2D eigenvalue weighted by Gasteiger charge is -2.01. The Morgan fingerprint density at radius 2 is 1.79 bits per heavy atom. The van der Waals surface area contributed by atoms with Crippen LogP contribution in [-0.4, -0.2) is 4.98 Å². The Morgan fingerprint density at radius 1 is 1.14 bits per heavy atom. The predicted octanol–water partition coefficient (Wildman–Crippen LogP) is 1.44. The fourth-order valence-corrected chi connectivity index (χ4v) is 0.845. The smallest absolute Gasteiger partial charge is 0.205 e. The van der Waals surface area contributed by atoms with Crippen LogP contribution in [0.4, 0.5) is 13.2 Å². The molecule has 1 rings (SSSR count). The Kier molecular flexibility index (Phi) is 2.68. The molecule has 0 saturated carbocycles. The molecule has 6 heteroatoms. The average molecular weight is 197 g/mol. The zero-order chi connectivity index (χ0) is 10.7. The van der Waals surface area contributed by atoms with Gasteiger partial charge in [-0.25, -0.2) is 13.8 Å². The van der Waals surface area contributed by atoms with Crippen LogP contribution in [-0.2, 0) is 6.42 Å². The first-order valence-corrected chi connectivity index (χ1v) is 3.42. The summed E-state index contributed by atoms with van der Waals surface area (Å²) >= 11 is 0. The maximum Gasteiger partial charge on any atom is 0.221 e. The van der Waals surface area contributed by atoms with E-state index in [4.69, 9.17) is 10.5 Å². The van der Waals surface area contributed by atoms with E-state index in [2.05, 4.69) is 4.98 Å². The summed E-state index contributed by atoms with van der Waals surface area (Å²) in [6, 6.07) is 2.66. The van der Waals surface area contributed by atoms with Gasteiger partial charge in [0.1, 0.15) is 6.07 Å². The summed E-state index contributed by atoms with van der Waals surface area (Å²) in [5.41, 5.74) is -1.72. The van der Waals surface area contributed by atoms with Crippen LogP contribution in [0.15, 0.2) is 0 Å². The van der Waals surface area contributed by atoms with Crippen molar-refractivity contribution in [2.45, 2.75) is 6.42 Å². The Balaban J connectivity index is 3.44. The average Bonchev–Trinajstić information content (AvgIpc) is 2.18. The summed E-state index contributed by atoms with van der Waals surface area (Å²) in [5, 5.41) is 16.4. The van der Waals surface area contributed by atoms with Crippen molar-refractivity contribution in [1.82, 2.24) is 4.98 Å². The van der Waals surface area contributed by atoms with E-state index in [1.807, 2.05) is 0 Å². The number of halogens is 3. The van der Waals surface area contributed by atoms with E-state index >= 15 is 0 Å². The van der Waals surface area contributed by atoms with Crippen LogP contribution in [0.2, 0.25) is 0 Å². The summed E-state index contributed by atoms with van der Waals surface area (Å²) in [7, 11) is 0. The number of nitrogens with zero attached hydrogens (tertiary/aromatic N) is 3. The van der Waals surface area contributed by atoms with Gasteiger partial charge in [0, 0.05) is 0 Å². The van der Waals surface area contributed by atoms with Crippen LogP contribution >= 0.6 is 0 Å². The fourth-order valence-electron chi connectivity index (χ4n) is 0.845. The number of aromatic nitrogens is 1. The van der Waals surface area contributed by atoms with Gasteiger partial charge < -0.3 is 0 Å². The largest absolute Gasteiger partial charge is 0.221 e. The molecule has 3 nitrogen and oxygen atoms in total. The van der Waals surface area contributed by atoms with Crippen molar-refractivity contribution in [3.63, 3.8) is 0 Å². The van der Waals surface area contributed by atoms with Gasteiger partial charge in [0.15, 0.2) is 17.3 Å². The molecule has 0 aliphatic rings. The van der Waals surface area contributed by atoms with Gasteiger partial charge in [-0.1, -0.05) is 0 Å². The topological polar surface area (TPSA) is 60.5 Å². The number of hydrogen-bond acceptors (Lipinski definition) is 3. The Morgan fingerprint density at radius 3 is 2.29 bits per heavy atom. The molecule has 0 unspecified atom stereocenters. The molecular formula is C8H2F3N3. The van der Waals surface area contributed by atoms with Gasteiger partial charge in [0.2, 0.25) is 5.95 Å². The van der Waals surface area contributed by atoms with Crippen LogP contribution in [0.3, 0.4) is 0 Å². The molecule has 0 N–H and O–H groups in total. The minimum atomic E-state index is -1.53. The number of hydrogen-bond donors (Lipinski definition) is 0. The van der Waals surface area contributed by atoms with Gasteiger partial charge in [-0.2, -0.15) is 14.9 Å². The number of pyridine rings is 1. The molecule has 0 aliphatic heterocycles. The van der Waals surface area contributed by atoms with E-state index in [0.29, 0.717) is 0 Å². The molecule has 0 spiro atoms. The van der Waals surface area contributed by atoms with Crippen LogP contribution in [0, 0.1) is 40.2 Å². The van der Waals surface area contributed by atoms with Crippen molar-refractivity contribution in [3.8, 4) is 12.1 Å². The molecule has 70 valence electrons. The molecule has 0 amide bonds. The van der Waals surface area contributed by atoms with Gasteiger partial charge in [0.25, 0.3) is 0 Å². The SMILES string of the molecule is N#CCc1c(F)nc(C#N)c(F)c1F. The predicted molar refractivity (Wildman–Crippen MR) is 38.1 cm³/mol. The minimum absolute atomic E-state index is 0.632. The molecule has 0 fully saturated rings. The van der Waals surface area contributed by atoms with Crippen molar-refractivity contribution in [3.05, 3.63) is 28.8 Å². The number of nitriles is 2. The van der Waals surface area contributed by atoms with Gasteiger partial charge in [0.05, 0.1) is 18.1 Å². The van der Waals surface area contributed by atoms with E-state index in [0.717, 1.165) is 0 Å². The van der Waals surface area contributed by atoms with Crippen LogP contribution in [0.5, 0.6) is 0 Å². The van der Waals surface area contributed by atoms with Crippen molar-refractivity contribution in [2.24, 2.45) is 0 Å². The van der Waals surface area contributed by atoms with E-state index < -0.39 is 35.3 Å². The van der Waals surface area contributed by atoms with Gasteiger partial charge in [-0.15, -0.1) is 0 Å². The second kappa shape index (κ2) is 3.75. The lowest BCUT2D eigenvalue weighted by Crippen LogP contribution is -2.05. The summed E-state index contributed by atoms with van der Waals surface area (Å²) in [6.45, 7) is 0. The molecule has 0 bridgehead atoms. The van der Waals surface area contributed by atoms with Crippen molar-refractivity contribution in [1.29, 1.82) is 10.5 Å². The highest BCUT2D eigenvalue weighted by Gasteiger charge is 2.19. The molecule has 0 aliphatic carbocycles. The quantitative estimate of drug-likeness (QED) is 0.640. The monoisotopic (exact) mass is 197 g/mol. The zero-order valence-electron chi connectivity index (χ0n) is 6.68. The third-order valence-electron chi connectivity index (χ3n) is 1.49. The maximum absolute atomic E-state index is 12.9. The summed E-state index contributed by atoms with van der Waals surface area (Å²) in [6.07, 6.45) is -0.632. The fraction of sp³-hybridized carbons (Fsp3) is 0.125. The highest BCUT2D eigenvalue weighted by atomic mass is 19.2. The first kappa shape index (κ1) is 10.0. The maximum atomic E-state index is 12.9. The zero-order valence-corrected chi connectivity index (χ0v) is 6.68. The molecule has 1 aromatic heterocycles. The number of rotatable bonds is 1. The van der Waals surface area contributed by atoms with E-state index in [9.17, 15) is 13.2 Å². The normalized spacial score (nSPS) is 9.21. The lowest BCUT2D eigenvalue weighted by atomic mass is 10.2. The Bertz CT molecular complexity index is 456. The van der Waals surface area contributed by atoms with Crippen molar-refractivity contribution >= 4 is 0 Å². The van der Waals surface area contributed by atoms with Gasteiger partial charge in [-0.05, 0) is 0 Å². The molecule has 0 aromatic carbocycles. The summed E-state index contributed by atoms with van der Waals surface area (Å²) in [4.78, 5) is 2.88. The highest BCUT2D eigenvalue weighted by Crippen LogP contribution is 2.16. The van der Waals surface area contributed by atoms with E-state index in [-0.39, 0.29) is 0 Å².